The van der Waals surface area contributed by atoms with Gasteiger partial charge in [0.2, 0.25) is 29.5 Å². The van der Waals surface area contributed by atoms with E-state index in [1.807, 2.05) is 24.3 Å². The molecule has 0 bridgehead atoms. The number of fused-ring (bicyclic) bond motifs is 1. The quantitative estimate of drug-likeness (QED) is 0.0945. The van der Waals surface area contributed by atoms with Crippen molar-refractivity contribution in [3.05, 3.63) is 126 Å². The molecule has 16 heteroatoms. The van der Waals surface area contributed by atoms with Crippen molar-refractivity contribution >= 4 is 52.0 Å². The Hall–Kier alpha value is -7.36. The third-order valence-corrected chi connectivity index (χ3v) is 9.50. The SMILES string of the molecule is Nc1ccccc1C(=O)NC[C@@H]1NC(=O)[C@H](Cc2c[nH]c3ccccc23)NC(=O)[C@H](Cc2ccc(O)cc2)NC(=O)CNC(=O)[C@H](Cc2ccc(O)cc2)NC1=O. The number of aromatic amines is 1. The third-order valence-electron chi connectivity index (χ3n) is 9.50. The lowest BCUT2D eigenvalue weighted by atomic mass is 10.0. The van der Waals surface area contributed by atoms with Crippen LogP contribution in [0.5, 0.6) is 11.5 Å². The Morgan fingerprint density at radius 3 is 1.79 bits per heavy atom. The Morgan fingerprint density at radius 1 is 0.632 bits per heavy atom. The van der Waals surface area contributed by atoms with E-state index < -0.39 is 72.7 Å². The maximum Gasteiger partial charge on any atom is 0.253 e. The number of amides is 6. The van der Waals surface area contributed by atoms with Crippen LogP contribution in [-0.4, -0.2) is 87.9 Å². The first-order valence-electron chi connectivity index (χ1n) is 18.1. The lowest BCUT2D eigenvalue weighted by molar-refractivity contribution is -0.133. The van der Waals surface area contributed by atoms with E-state index in [-0.39, 0.29) is 42.0 Å². The predicted octanol–water partition coefficient (Wildman–Crippen LogP) is 0.688. The van der Waals surface area contributed by atoms with Crippen LogP contribution < -0.4 is 37.6 Å². The normalized spacial score (nSPS) is 19.5. The highest BCUT2D eigenvalue weighted by atomic mass is 16.3. The molecule has 6 rings (SSSR count). The number of carbonyl (C=O) groups excluding carboxylic acids is 6. The molecule has 1 fully saturated rings. The number of hydrogen-bond acceptors (Lipinski definition) is 9. The summed E-state index contributed by atoms with van der Waals surface area (Å²) in [6, 6.07) is 20.3. The summed E-state index contributed by atoms with van der Waals surface area (Å²) in [5, 5.41) is 36.3. The molecule has 0 spiro atoms. The molecule has 4 atom stereocenters. The first-order chi connectivity index (χ1) is 27.4. The number of H-pyrrole nitrogens is 1. The highest BCUT2D eigenvalue weighted by molar-refractivity contribution is 6.00. The van der Waals surface area contributed by atoms with Crippen molar-refractivity contribution in [3.63, 3.8) is 0 Å². The monoisotopic (exact) mass is 774 g/mol. The fourth-order valence-corrected chi connectivity index (χ4v) is 6.44. The number of benzene rings is 4. The van der Waals surface area contributed by atoms with E-state index >= 15 is 0 Å². The fourth-order valence-electron chi connectivity index (χ4n) is 6.44. The molecule has 0 aliphatic carbocycles. The molecule has 57 heavy (non-hydrogen) atoms. The van der Waals surface area contributed by atoms with E-state index in [9.17, 15) is 39.0 Å². The third kappa shape index (κ3) is 10.2. The van der Waals surface area contributed by atoms with Crippen molar-refractivity contribution in [2.24, 2.45) is 0 Å². The molecule has 294 valence electrons. The van der Waals surface area contributed by atoms with E-state index in [2.05, 4.69) is 36.9 Å². The van der Waals surface area contributed by atoms with Gasteiger partial charge in [0, 0.05) is 48.6 Å². The summed E-state index contributed by atoms with van der Waals surface area (Å²) in [7, 11) is 0. The van der Waals surface area contributed by atoms with Crippen molar-refractivity contribution in [3.8, 4) is 11.5 Å². The zero-order valence-electron chi connectivity index (χ0n) is 30.6. The molecular weight excluding hydrogens is 732 g/mol. The van der Waals surface area contributed by atoms with Crippen LogP contribution in [0.25, 0.3) is 10.9 Å². The average molecular weight is 775 g/mol. The number of para-hydroxylation sites is 2. The number of phenolic OH excluding ortho intramolecular Hbond substituents is 2. The molecule has 1 aliphatic heterocycles. The molecule has 5 aromatic rings. The molecule has 6 amide bonds. The lowest BCUT2D eigenvalue weighted by Crippen LogP contribution is -2.60. The number of nitrogen functional groups attached to an aromatic ring is 1. The van der Waals surface area contributed by atoms with Gasteiger partial charge < -0.3 is 52.8 Å². The van der Waals surface area contributed by atoms with Crippen LogP contribution in [0.15, 0.2) is 103 Å². The second-order valence-corrected chi connectivity index (χ2v) is 13.6. The first kappa shape index (κ1) is 39.3. The topological polar surface area (TPSA) is 257 Å². The van der Waals surface area contributed by atoms with Crippen molar-refractivity contribution in [1.29, 1.82) is 0 Å². The minimum Gasteiger partial charge on any atom is -0.508 e. The van der Waals surface area contributed by atoms with Crippen molar-refractivity contribution in [2.75, 3.05) is 18.8 Å². The maximum atomic E-state index is 14.4. The van der Waals surface area contributed by atoms with Gasteiger partial charge in [0.15, 0.2) is 0 Å². The van der Waals surface area contributed by atoms with E-state index in [0.29, 0.717) is 16.7 Å². The van der Waals surface area contributed by atoms with Crippen LogP contribution >= 0.6 is 0 Å². The Balaban J connectivity index is 1.36. The lowest BCUT2D eigenvalue weighted by Gasteiger charge is -2.26. The summed E-state index contributed by atoms with van der Waals surface area (Å²) in [4.78, 5) is 85.9. The average Bonchev–Trinajstić information content (AvgIpc) is 3.61. The molecule has 2 heterocycles. The smallest absolute Gasteiger partial charge is 0.253 e. The van der Waals surface area contributed by atoms with Gasteiger partial charge in [0.05, 0.1) is 12.1 Å². The first-order valence-corrected chi connectivity index (χ1v) is 18.1. The number of phenols is 2. The Bertz CT molecular complexity index is 2270. The highest BCUT2D eigenvalue weighted by Gasteiger charge is 2.33. The highest BCUT2D eigenvalue weighted by Crippen LogP contribution is 2.20. The zero-order chi connectivity index (χ0) is 40.5. The van der Waals surface area contributed by atoms with Crippen LogP contribution in [0.4, 0.5) is 5.69 Å². The number of carbonyl (C=O) groups is 6. The largest absolute Gasteiger partial charge is 0.508 e. The summed E-state index contributed by atoms with van der Waals surface area (Å²) in [5.41, 5.74) is 8.90. The number of rotatable bonds is 9. The second-order valence-electron chi connectivity index (χ2n) is 13.6. The number of hydrogen-bond donors (Lipinski definition) is 10. The zero-order valence-corrected chi connectivity index (χ0v) is 30.6. The van der Waals surface area contributed by atoms with Crippen LogP contribution in [0, 0.1) is 0 Å². The van der Waals surface area contributed by atoms with E-state index in [1.54, 1.807) is 42.6 Å². The number of nitrogens with two attached hydrogens (primary N) is 1. The Labute approximate surface area is 326 Å². The second kappa shape index (κ2) is 17.9. The summed E-state index contributed by atoms with van der Waals surface area (Å²) >= 11 is 0. The molecule has 0 saturated carbocycles. The van der Waals surface area contributed by atoms with Crippen molar-refractivity contribution in [1.82, 2.24) is 36.9 Å². The van der Waals surface area contributed by atoms with Crippen LogP contribution in [0.2, 0.25) is 0 Å². The van der Waals surface area contributed by atoms with Gasteiger partial charge in [-0.1, -0.05) is 54.6 Å². The standard InChI is InChI=1S/C41H42N8O8/c42-30-7-3-1-6-29(30)37(53)44-21-35-41(57)47-32(17-23-9-13-26(50)14-10-23)38(54)45-22-36(52)46-33(18-24-11-15-27(51)16-12-24)39(55)48-34(40(56)49-35)19-25-20-43-31-8-4-2-5-28(25)31/h1-16,20,32-35,43,50-51H,17-19,21-22,42H2,(H,44,53)(H,45,54)(H,46,52)(H,47,57)(H,48,55)(H,49,56)/t32-,33-,34-,35-/m0/s1. The molecule has 0 radical (unpaired) electrons. The predicted molar refractivity (Wildman–Crippen MR) is 210 cm³/mol. The fraction of sp³-hybridized carbons (Fsp3) is 0.220. The van der Waals surface area contributed by atoms with Gasteiger partial charge in [0.25, 0.3) is 5.91 Å². The minimum atomic E-state index is -1.48. The molecule has 1 saturated heterocycles. The van der Waals surface area contributed by atoms with Gasteiger partial charge in [0.1, 0.15) is 35.7 Å². The number of anilines is 1. The van der Waals surface area contributed by atoms with Crippen LogP contribution in [-0.2, 0) is 43.2 Å². The summed E-state index contributed by atoms with van der Waals surface area (Å²) in [5.74, 6) is -4.54. The van der Waals surface area contributed by atoms with E-state index in [0.717, 1.165) is 10.9 Å². The van der Waals surface area contributed by atoms with Gasteiger partial charge in [-0.2, -0.15) is 0 Å². The van der Waals surface area contributed by atoms with Crippen LogP contribution in [0.3, 0.4) is 0 Å². The van der Waals surface area contributed by atoms with Gasteiger partial charge in [-0.05, 0) is 59.2 Å². The molecule has 1 aromatic heterocycles. The number of aromatic nitrogens is 1. The maximum absolute atomic E-state index is 14.4. The minimum absolute atomic E-state index is 0.00418. The van der Waals surface area contributed by atoms with Gasteiger partial charge in [-0.3, -0.25) is 28.8 Å². The van der Waals surface area contributed by atoms with Crippen molar-refractivity contribution < 1.29 is 39.0 Å². The van der Waals surface area contributed by atoms with Gasteiger partial charge in [-0.15, -0.1) is 0 Å². The molecular formula is C41H42N8O8. The van der Waals surface area contributed by atoms with Crippen LogP contribution in [0.1, 0.15) is 27.0 Å². The molecule has 16 nitrogen and oxygen atoms in total. The molecule has 11 N–H and O–H groups in total. The molecule has 0 unspecified atom stereocenters. The Morgan fingerprint density at radius 2 is 1.16 bits per heavy atom. The Kier molecular flexibility index (Phi) is 12.3. The van der Waals surface area contributed by atoms with E-state index in [1.165, 1.54) is 36.4 Å². The molecule has 4 aromatic carbocycles. The van der Waals surface area contributed by atoms with Crippen molar-refractivity contribution in [2.45, 2.75) is 43.4 Å². The number of aromatic hydroxyl groups is 2. The summed E-state index contributed by atoms with van der Waals surface area (Å²) in [6.07, 6.45) is 1.52. The summed E-state index contributed by atoms with van der Waals surface area (Å²) in [6.45, 7) is -1.02. The molecule has 1 aliphatic rings. The summed E-state index contributed by atoms with van der Waals surface area (Å²) < 4.78 is 0. The van der Waals surface area contributed by atoms with Gasteiger partial charge >= 0.3 is 0 Å². The number of nitrogens with one attached hydrogen (secondary N) is 7. The van der Waals surface area contributed by atoms with Gasteiger partial charge in [-0.25, -0.2) is 0 Å². The van der Waals surface area contributed by atoms with E-state index in [4.69, 9.17) is 5.73 Å².